The van der Waals surface area contributed by atoms with Crippen LogP contribution in [0.1, 0.15) is 0 Å². The number of ether oxygens (including phenoxy) is 1. The lowest BCUT2D eigenvalue weighted by Crippen LogP contribution is -2.45. The molecule has 1 amide bonds. The van der Waals surface area contributed by atoms with E-state index in [2.05, 4.69) is 5.32 Å². The Kier molecular flexibility index (Phi) is 8.21. The Hall–Kier alpha value is -0.0300. The minimum Gasteiger partial charge on any atom is -0.367 e. The Labute approximate surface area is 77.7 Å². The Balaban J connectivity index is 0. The van der Waals surface area contributed by atoms with Crippen molar-refractivity contribution in [2.45, 2.75) is 6.10 Å². The molecule has 1 fully saturated rings. The van der Waals surface area contributed by atoms with Gasteiger partial charge >= 0.3 is 0 Å². The molecule has 0 aromatic rings. The number of primary amides is 1. The normalized spacial score (nSPS) is 22.7. The molecule has 0 aromatic heterocycles. The van der Waals surface area contributed by atoms with E-state index in [1.54, 1.807) is 0 Å². The van der Waals surface area contributed by atoms with E-state index in [0.717, 1.165) is 6.54 Å². The fourth-order valence-electron chi connectivity index (χ4n) is 0.748. The number of carbonyl (C=O) groups excluding carboxylic acids is 1. The van der Waals surface area contributed by atoms with Crippen molar-refractivity contribution in [3.63, 3.8) is 0 Å². The van der Waals surface area contributed by atoms with E-state index in [0.29, 0.717) is 13.2 Å². The predicted molar refractivity (Wildman–Crippen MR) is 46.3 cm³/mol. The first-order valence-electron chi connectivity index (χ1n) is 2.92. The van der Waals surface area contributed by atoms with Crippen LogP contribution in [0.4, 0.5) is 0 Å². The highest BCUT2D eigenvalue weighted by Crippen LogP contribution is 1.92. The molecule has 6 heteroatoms. The number of amides is 1. The number of carbonyl (C=O) groups is 1. The molecule has 1 rings (SSSR count). The largest absolute Gasteiger partial charge is 0.367 e. The van der Waals surface area contributed by atoms with Crippen molar-refractivity contribution in [1.82, 2.24) is 5.32 Å². The standard InChI is InChI=1S/C5H10N2O2.2ClH/c6-5(8)4-3-7-1-2-9-4;;/h4,7H,1-3H2,(H2,6,8);2*1H. The van der Waals surface area contributed by atoms with Crippen LogP contribution in [-0.2, 0) is 9.53 Å². The third kappa shape index (κ3) is 4.42. The molecule has 1 saturated heterocycles. The number of nitrogens with two attached hydrogens (primary N) is 1. The maximum atomic E-state index is 10.4. The first-order valence-corrected chi connectivity index (χ1v) is 2.92. The molecule has 11 heavy (non-hydrogen) atoms. The van der Waals surface area contributed by atoms with Gasteiger partial charge in [-0.25, -0.2) is 0 Å². The third-order valence-corrected chi connectivity index (χ3v) is 1.24. The molecule has 0 radical (unpaired) electrons. The van der Waals surface area contributed by atoms with Crippen LogP contribution in [0.25, 0.3) is 0 Å². The summed E-state index contributed by atoms with van der Waals surface area (Å²) in [6, 6.07) is 0. The van der Waals surface area contributed by atoms with Crippen LogP contribution in [0.3, 0.4) is 0 Å². The van der Waals surface area contributed by atoms with Crippen molar-refractivity contribution in [2.24, 2.45) is 5.73 Å². The van der Waals surface area contributed by atoms with Gasteiger partial charge in [0.05, 0.1) is 6.61 Å². The summed E-state index contributed by atoms with van der Waals surface area (Å²) in [4.78, 5) is 10.4. The molecule has 1 unspecified atom stereocenters. The van der Waals surface area contributed by atoms with E-state index in [4.69, 9.17) is 10.5 Å². The molecule has 0 bridgehead atoms. The number of hydrogen-bond acceptors (Lipinski definition) is 3. The molecule has 1 atom stereocenters. The van der Waals surface area contributed by atoms with E-state index in [1.807, 2.05) is 0 Å². The summed E-state index contributed by atoms with van der Waals surface area (Å²) in [5, 5.41) is 2.99. The highest BCUT2D eigenvalue weighted by atomic mass is 35.5. The van der Waals surface area contributed by atoms with Gasteiger partial charge in [0.15, 0.2) is 0 Å². The minimum atomic E-state index is -0.418. The summed E-state index contributed by atoms with van der Waals surface area (Å²) in [6.07, 6.45) is -0.418. The summed E-state index contributed by atoms with van der Waals surface area (Å²) in [5.41, 5.74) is 4.96. The predicted octanol–water partition coefficient (Wildman–Crippen LogP) is -0.696. The lowest BCUT2D eigenvalue weighted by atomic mass is 10.3. The van der Waals surface area contributed by atoms with Crippen LogP contribution in [0, 0.1) is 0 Å². The second kappa shape index (κ2) is 6.67. The van der Waals surface area contributed by atoms with Gasteiger partial charge in [0.25, 0.3) is 0 Å². The second-order valence-corrected chi connectivity index (χ2v) is 1.97. The monoisotopic (exact) mass is 202 g/mol. The van der Waals surface area contributed by atoms with Gasteiger partial charge in [-0.1, -0.05) is 0 Å². The third-order valence-electron chi connectivity index (χ3n) is 1.24. The lowest BCUT2D eigenvalue weighted by molar-refractivity contribution is -0.130. The molecule has 0 aromatic carbocycles. The summed E-state index contributed by atoms with van der Waals surface area (Å²) >= 11 is 0. The van der Waals surface area contributed by atoms with E-state index in [9.17, 15) is 4.79 Å². The van der Waals surface area contributed by atoms with Crippen LogP contribution in [0.2, 0.25) is 0 Å². The van der Waals surface area contributed by atoms with Gasteiger partial charge in [-0.15, -0.1) is 24.8 Å². The molecule has 0 aliphatic carbocycles. The average Bonchev–Trinajstić information content (AvgIpc) is 1.90. The molecular weight excluding hydrogens is 191 g/mol. The molecule has 1 aliphatic heterocycles. The highest BCUT2D eigenvalue weighted by molar-refractivity contribution is 5.85. The zero-order chi connectivity index (χ0) is 6.69. The smallest absolute Gasteiger partial charge is 0.247 e. The zero-order valence-electron chi connectivity index (χ0n) is 5.91. The van der Waals surface area contributed by atoms with E-state index >= 15 is 0 Å². The Morgan fingerprint density at radius 1 is 1.55 bits per heavy atom. The van der Waals surface area contributed by atoms with E-state index in [1.165, 1.54) is 0 Å². The topological polar surface area (TPSA) is 64.4 Å². The fraction of sp³-hybridized carbons (Fsp3) is 0.800. The first kappa shape index (κ1) is 13.6. The molecule has 1 heterocycles. The van der Waals surface area contributed by atoms with Crippen molar-refractivity contribution in [3.05, 3.63) is 0 Å². The SMILES string of the molecule is Cl.Cl.NC(=O)C1CNCCO1. The molecule has 0 saturated carbocycles. The Bertz CT molecular complexity index is 117. The number of halogens is 2. The average molecular weight is 203 g/mol. The van der Waals surface area contributed by atoms with Crippen LogP contribution in [0.15, 0.2) is 0 Å². The Morgan fingerprint density at radius 3 is 2.45 bits per heavy atom. The zero-order valence-corrected chi connectivity index (χ0v) is 7.54. The maximum absolute atomic E-state index is 10.4. The van der Waals surface area contributed by atoms with Crippen molar-refractivity contribution in [2.75, 3.05) is 19.7 Å². The summed E-state index contributed by atoms with van der Waals surface area (Å²) in [7, 11) is 0. The highest BCUT2D eigenvalue weighted by Gasteiger charge is 2.17. The van der Waals surface area contributed by atoms with Crippen LogP contribution in [0.5, 0.6) is 0 Å². The van der Waals surface area contributed by atoms with Gasteiger partial charge < -0.3 is 15.8 Å². The van der Waals surface area contributed by atoms with Gasteiger partial charge in [-0.05, 0) is 0 Å². The number of rotatable bonds is 1. The molecule has 4 nitrogen and oxygen atoms in total. The van der Waals surface area contributed by atoms with Gasteiger partial charge in [-0.3, -0.25) is 4.79 Å². The summed E-state index contributed by atoms with van der Waals surface area (Å²) in [6.45, 7) is 1.94. The molecular formula is C5H12Cl2N2O2. The van der Waals surface area contributed by atoms with E-state index < -0.39 is 6.10 Å². The Morgan fingerprint density at radius 2 is 2.18 bits per heavy atom. The molecule has 1 aliphatic rings. The quantitative estimate of drug-likeness (QED) is 0.592. The van der Waals surface area contributed by atoms with Crippen LogP contribution >= 0.6 is 24.8 Å². The fourth-order valence-corrected chi connectivity index (χ4v) is 0.748. The summed E-state index contributed by atoms with van der Waals surface area (Å²) in [5.74, 6) is -0.387. The molecule has 3 N–H and O–H groups in total. The number of hydrogen-bond donors (Lipinski definition) is 2. The van der Waals surface area contributed by atoms with Gasteiger partial charge in [-0.2, -0.15) is 0 Å². The lowest BCUT2D eigenvalue weighted by Gasteiger charge is -2.20. The second-order valence-electron chi connectivity index (χ2n) is 1.97. The van der Waals surface area contributed by atoms with Crippen LogP contribution in [-0.4, -0.2) is 31.7 Å². The minimum absolute atomic E-state index is 0. The number of nitrogens with one attached hydrogen (secondary N) is 1. The van der Waals surface area contributed by atoms with Crippen molar-refractivity contribution < 1.29 is 9.53 Å². The van der Waals surface area contributed by atoms with Gasteiger partial charge in [0.2, 0.25) is 5.91 Å². The number of morpholine rings is 1. The molecule has 68 valence electrons. The summed E-state index contributed by atoms with van der Waals surface area (Å²) < 4.78 is 5.00. The van der Waals surface area contributed by atoms with Crippen molar-refractivity contribution in [3.8, 4) is 0 Å². The van der Waals surface area contributed by atoms with Gasteiger partial charge in [0.1, 0.15) is 6.10 Å². The first-order chi connectivity index (χ1) is 4.30. The maximum Gasteiger partial charge on any atom is 0.247 e. The van der Waals surface area contributed by atoms with Crippen molar-refractivity contribution >= 4 is 30.7 Å². The molecule has 0 spiro atoms. The van der Waals surface area contributed by atoms with Gasteiger partial charge in [0, 0.05) is 13.1 Å². The van der Waals surface area contributed by atoms with Crippen LogP contribution < -0.4 is 11.1 Å². The van der Waals surface area contributed by atoms with Crippen molar-refractivity contribution in [1.29, 1.82) is 0 Å². The van der Waals surface area contributed by atoms with E-state index in [-0.39, 0.29) is 30.7 Å².